The Bertz CT molecular complexity index is 601. The fourth-order valence-electron chi connectivity index (χ4n) is 3.48. The molecule has 4 heteroatoms. The van der Waals surface area contributed by atoms with Gasteiger partial charge in [0.25, 0.3) is 0 Å². The Morgan fingerprint density at radius 3 is 2.26 bits per heavy atom. The maximum Gasteiger partial charge on any atom is 0.226 e. The zero-order valence-corrected chi connectivity index (χ0v) is 13.7. The van der Waals surface area contributed by atoms with E-state index in [1.807, 2.05) is 15.9 Å². The lowest BCUT2D eigenvalue weighted by Gasteiger charge is -2.35. The molecule has 1 fully saturated rings. The van der Waals surface area contributed by atoms with Crippen molar-refractivity contribution in [1.29, 1.82) is 0 Å². The molecule has 122 valence electrons. The summed E-state index contributed by atoms with van der Waals surface area (Å²) in [7, 11) is 0. The van der Waals surface area contributed by atoms with Crippen LogP contribution >= 0.6 is 0 Å². The Hall–Kier alpha value is -2.10. The first-order chi connectivity index (χ1) is 11.1. The number of carbonyl (C=O) groups excluding carboxylic acids is 2. The molecule has 1 aromatic rings. The van der Waals surface area contributed by atoms with E-state index >= 15 is 0 Å². The molecule has 2 aliphatic rings. The van der Waals surface area contributed by atoms with E-state index in [-0.39, 0.29) is 17.7 Å². The number of likely N-dealkylation sites (tertiary alicyclic amines) is 1. The van der Waals surface area contributed by atoms with E-state index in [0.717, 1.165) is 25.8 Å². The van der Waals surface area contributed by atoms with Gasteiger partial charge in [0.05, 0.1) is 0 Å². The van der Waals surface area contributed by atoms with E-state index in [1.165, 1.54) is 11.1 Å². The Kier molecular flexibility index (Phi) is 4.79. The van der Waals surface area contributed by atoms with Crippen LogP contribution in [0.1, 0.15) is 31.7 Å². The van der Waals surface area contributed by atoms with Gasteiger partial charge in [-0.25, -0.2) is 0 Å². The van der Waals surface area contributed by atoms with E-state index in [9.17, 15) is 9.59 Å². The lowest BCUT2D eigenvalue weighted by atomic mass is 9.93. The summed E-state index contributed by atoms with van der Waals surface area (Å²) < 4.78 is 0. The molecule has 0 atom stereocenters. The molecule has 1 saturated heterocycles. The Morgan fingerprint density at radius 1 is 1.00 bits per heavy atom. The number of rotatable bonds is 2. The molecule has 3 rings (SSSR count). The highest BCUT2D eigenvalue weighted by Gasteiger charge is 2.29. The van der Waals surface area contributed by atoms with Crippen LogP contribution in [0.25, 0.3) is 5.57 Å². The van der Waals surface area contributed by atoms with Crippen LogP contribution in [0.4, 0.5) is 0 Å². The Balaban J connectivity index is 1.56. The minimum atomic E-state index is 0.0808. The zero-order valence-electron chi connectivity index (χ0n) is 13.7. The second-order valence-electron chi connectivity index (χ2n) is 6.41. The van der Waals surface area contributed by atoms with Crippen molar-refractivity contribution < 1.29 is 9.59 Å². The number of piperidine rings is 1. The molecule has 23 heavy (non-hydrogen) atoms. The maximum atomic E-state index is 12.7. The summed E-state index contributed by atoms with van der Waals surface area (Å²) in [5.41, 5.74) is 2.59. The van der Waals surface area contributed by atoms with Crippen LogP contribution in [-0.4, -0.2) is 47.8 Å². The fourth-order valence-corrected chi connectivity index (χ4v) is 3.48. The fraction of sp³-hybridized carbons (Fsp3) is 0.474. The molecule has 2 amide bonds. The van der Waals surface area contributed by atoms with E-state index in [4.69, 9.17) is 0 Å². The van der Waals surface area contributed by atoms with E-state index in [1.54, 1.807) is 6.92 Å². The van der Waals surface area contributed by atoms with E-state index in [2.05, 4.69) is 30.3 Å². The second-order valence-corrected chi connectivity index (χ2v) is 6.41. The quantitative estimate of drug-likeness (QED) is 0.842. The van der Waals surface area contributed by atoms with Crippen molar-refractivity contribution in [2.75, 3.05) is 26.2 Å². The summed E-state index contributed by atoms with van der Waals surface area (Å²) in [6, 6.07) is 10.4. The summed E-state index contributed by atoms with van der Waals surface area (Å²) in [6.07, 6.45) is 4.69. The molecule has 2 aliphatic heterocycles. The number of hydrogen-bond acceptors (Lipinski definition) is 2. The minimum absolute atomic E-state index is 0.0808. The lowest BCUT2D eigenvalue weighted by Crippen LogP contribution is -2.44. The van der Waals surface area contributed by atoms with Crippen LogP contribution in [0.3, 0.4) is 0 Å². The smallest absolute Gasteiger partial charge is 0.226 e. The summed E-state index contributed by atoms with van der Waals surface area (Å²) in [4.78, 5) is 27.9. The van der Waals surface area contributed by atoms with Gasteiger partial charge in [0, 0.05) is 39.0 Å². The SMILES string of the molecule is CC(=O)N1CCC(C(=O)N2CC=C(c3ccccc3)CC2)CC1. The predicted octanol–water partition coefficient (Wildman–Crippen LogP) is 2.56. The topological polar surface area (TPSA) is 40.6 Å². The van der Waals surface area contributed by atoms with Gasteiger partial charge in [-0.15, -0.1) is 0 Å². The van der Waals surface area contributed by atoms with Crippen molar-refractivity contribution in [2.45, 2.75) is 26.2 Å². The summed E-state index contributed by atoms with van der Waals surface area (Å²) in [6.45, 7) is 4.53. The van der Waals surface area contributed by atoms with Gasteiger partial charge in [-0.1, -0.05) is 36.4 Å². The molecule has 0 unspecified atom stereocenters. The number of nitrogens with zero attached hydrogens (tertiary/aromatic N) is 2. The molecule has 0 aromatic heterocycles. The van der Waals surface area contributed by atoms with Crippen LogP contribution in [-0.2, 0) is 9.59 Å². The summed E-state index contributed by atoms with van der Waals surface area (Å²) >= 11 is 0. The van der Waals surface area contributed by atoms with Gasteiger partial charge in [-0.3, -0.25) is 9.59 Å². The van der Waals surface area contributed by atoms with E-state index < -0.39 is 0 Å². The third kappa shape index (κ3) is 3.63. The van der Waals surface area contributed by atoms with Gasteiger partial charge < -0.3 is 9.80 Å². The van der Waals surface area contributed by atoms with Crippen LogP contribution in [0.5, 0.6) is 0 Å². The number of amides is 2. The van der Waals surface area contributed by atoms with Crippen molar-refractivity contribution >= 4 is 17.4 Å². The molecular weight excluding hydrogens is 288 g/mol. The molecule has 1 aromatic carbocycles. The summed E-state index contributed by atoms with van der Waals surface area (Å²) in [5.74, 6) is 0.457. The molecular formula is C19H24N2O2. The molecule has 4 nitrogen and oxygen atoms in total. The summed E-state index contributed by atoms with van der Waals surface area (Å²) in [5, 5.41) is 0. The molecule has 0 aliphatic carbocycles. The molecule has 0 bridgehead atoms. The standard InChI is InChI=1S/C19H24N2O2/c1-15(22)20-11-9-18(10-12-20)19(23)21-13-7-17(8-14-21)16-5-3-2-4-6-16/h2-7,18H,8-14H2,1H3. The lowest BCUT2D eigenvalue weighted by molar-refractivity contribution is -0.139. The highest BCUT2D eigenvalue weighted by molar-refractivity contribution is 5.81. The van der Waals surface area contributed by atoms with Crippen molar-refractivity contribution in [2.24, 2.45) is 5.92 Å². The number of hydrogen-bond donors (Lipinski definition) is 0. The van der Waals surface area contributed by atoms with Gasteiger partial charge >= 0.3 is 0 Å². The molecule has 2 heterocycles. The van der Waals surface area contributed by atoms with Gasteiger partial charge in [-0.2, -0.15) is 0 Å². The third-order valence-electron chi connectivity index (χ3n) is 4.95. The van der Waals surface area contributed by atoms with Crippen molar-refractivity contribution in [3.8, 4) is 0 Å². The second kappa shape index (κ2) is 6.99. The third-order valence-corrected chi connectivity index (χ3v) is 4.95. The Labute approximate surface area is 137 Å². The highest BCUT2D eigenvalue weighted by atomic mass is 16.2. The van der Waals surface area contributed by atoms with Gasteiger partial charge in [0.2, 0.25) is 11.8 Å². The largest absolute Gasteiger partial charge is 0.343 e. The first-order valence-electron chi connectivity index (χ1n) is 8.44. The van der Waals surface area contributed by atoms with Crippen molar-refractivity contribution in [3.63, 3.8) is 0 Å². The van der Waals surface area contributed by atoms with Crippen molar-refractivity contribution in [3.05, 3.63) is 42.0 Å². The molecule has 0 N–H and O–H groups in total. The number of carbonyl (C=O) groups is 2. The van der Waals surface area contributed by atoms with Gasteiger partial charge in [0.15, 0.2) is 0 Å². The zero-order chi connectivity index (χ0) is 16.2. The monoisotopic (exact) mass is 312 g/mol. The minimum Gasteiger partial charge on any atom is -0.343 e. The average Bonchev–Trinajstić information content (AvgIpc) is 2.62. The van der Waals surface area contributed by atoms with Gasteiger partial charge in [-0.05, 0) is 30.4 Å². The normalized spacial score (nSPS) is 19.4. The van der Waals surface area contributed by atoms with Crippen LogP contribution in [0, 0.1) is 5.92 Å². The number of benzene rings is 1. The van der Waals surface area contributed by atoms with Gasteiger partial charge in [0.1, 0.15) is 0 Å². The first kappa shape index (κ1) is 15.8. The Morgan fingerprint density at radius 2 is 1.70 bits per heavy atom. The average molecular weight is 312 g/mol. The maximum absolute atomic E-state index is 12.7. The van der Waals surface area contributed by atoms with E-state index in [0.29, 0.717) is 19.6 Å². The first-order valence-corrected chi connectivity index (χ1v) is 8.44. The molecule has 0 saturated carbocycles. The van der Waals surface area contributed by atoms with Crippen molar-refractivity contribution in [1.82, 2.24) is 9.80 Å². The van der Waals surface area contributed by atoms with Crippen LogP contribution < -0.4 is 0 Å². The molecule has 0 radical (unpaired) electrons. The highest BCUT2D eigenvalue weighted by Crippen LogP contribution is 2.25. The predicted molar refractivity (Wildman–Crippen MR) is 90.6 cm³/mol. The molecule has 0 spiro atoms. The van der Waals surface area contributed by atoms with Crippen LogP contribution in [0.15, 0.2) is 36.4 Å². The van der Waals surface area contributed by atoms with Crippen LogP contribution in [0.2, 0.25) is 0 Å².